The second-order valence-corrected chi connectivity index (χ2v) is 5.31. The monoisotopic (exact) mass is 290 g/mol. The maximum absolute atomic E-state index is 5.89. The molecule has 0 aliphatic carbocycles. The molecule has 2 nitrogen and oxygen atoms in total. The second kappa shape index (κ2) is 5.85. The van der Waals surface area contributed by atoms with Gasteiger partial charge < -0.3 is 0 Å². The maximum Gasteiger partial charge on any atom is 0.0473 e. The van der Waals surface area contributed by atoms with Gasteiger partial charge in [0.05, 0.1) is 0 Å². The van der Waals surface area contributed by atoms with Gasteiger partial charge in [-0.05, 0) is 30.0 Å². The van der Waals surface area contributed by atoms with E-state index in [2.05, 4.69) is 35.2 Å². The van der Waals surface area contributed by atoms with Gasteiger partial charge in [-0.2, -0.15) is 0 Å². The fourth-order valence-corrected chi connectivity index (χ4v) is 2.50. The largest absolute Gasteiger partial charge is 0.271 e. The number of rotatable bonds is 4. The fourth-order valence-electron chi connectivity index (χ4n) is 1.54. The molecular weight excluding hydrogens is 275 g/mol. The van der Waals surface area contributed by atoms with Crippen LogP contribution in [0, 0.1) is 5.92 Å². The van der Waals surface area contributed by atoms with E-state index in [-0.39, 0.29) is 6.04 Å². The second-order valence-electron chi connectivity index (χ2n) is 4.01. The number of hydrazine groups is 1. The van der Waals surface area contributed by atoms with Gasteiger partial charge in [0.2, 0.25) is 0 Å². The molecule has 0 spiro atoms. The average Bonchev–Trinajstić information content (AvgIpc) is 2.14. The maximum atomic E-state index is 5.89. The molecule has 0 radical (unpaired) electrons. The van der Waals surface area contributed by atoms with Crippen LogP contribution < -0.4 is 11.3 Å². The summed E-state index contributed by atoms with van der Waals surface area (Å²) in [5, 5.41) is 0.728. The smallest absolute Gasteiger partial charge is 0.0473 e. The van der Waals surface area contributed by atoms with Gasteiger partial charge in [-0.15, -0.1) is 0 Å². The zero-order valence-corrected chi connectivity index (χ0v) is 11.3. The van der Waals surface area contributed by atoms with E-state index in [4.69, 9.17) is 17.4 Å². The molecule has 4 heteroatoms. The van der Waals surface area contributed by atoms with Gasteiger partial charge in [0.1, 0.15) is 0 Å². The Morgan fingerprint density at radius 1 is 1.47 bits per heavy atom. The minimum atomic E-state index is 0.164. The number of nitrogens with one attached hydrogen (secondary N) is 1. The van der Waals surface area contributed by atoms with E-state index in [9.17, 15) is 0 Å². The summed E-state index contributed by atoms with van der Waals surface area (Å²) < 4.78 is 0.999. The van der Waals surface area contributed by atoms with Crippen molar-refractivity contribution >= 4 is 27.5 Å². The molecule has 0 saturated carbocycles. The van der Waals surface area contributed by atoms with Crippen molar-refractivity contribution < 1.29 is 0 Å². The summed E-state index contributed by atoms with van der Waals surface area (Å²) >= 11 is 9.39. The number of hydrogen-bond acceptors (Lipinski definition) is 2. The first-order valence-electron chi connectivity index (χ1n) is 4.95. The quantitative estimate of drug-likeness (QED) is 0.656. The van der Waals surface area contributed by atoms with Crippen LogP contribution in [0.3, 0.4) is 0 Å². The number of hydrogen-bond donors (Lipinski definition) is 2. The standard InChI is InChI=1S/C11H16BrClN2/c1-7(2)5-11(15-14)9-4-3-8(13)6-10(9)12/h3-4,6-7,11,15H,5,14H2,1-2H3. The van der Waals surface area contributed by atoms with Crippen LogP contribution in [0.1, 0.15) is 31.9 Å². The molecule has 1 aromatic carbocycles. The highest BCUT2D eigenvalue weighted by Gasteiger charge is 2.14. The van der Waals surface area contributed by atoms with Gasteiger partial charge in [0, 0.05) is 15.5 Å². The third-order valence-corrected chi connectivity index (χ3v) is 3.17. The van der Waals surface area contributed by atoms with E-state index in [0.29, 0.717) is 5.92 Å². The van der Waals surface area contributed by atoms with Crippen molar-refractivity contribution in [2.75, 3.05) is 0 Å². The molecule has 1 unspecified atom stereocenters. The van der Waals surface area contributed by atoms with E-state index in [1.807, 2.05) is 18.2 Å². The van der Waals surface area contributed by atoms with Gasteiger partial charge in [-0.25, -0.2) is 0 Å². The van der Waals surface area contributed by atoms with Crippen LogP contribution in [0.5, 0.6) is 0 Å². The van der Waals surface area contributed by atoms with E-state index < -0.39 is 0 Å². The topological polar surface area (TPSA) is 38.0 Å². The Bertz CT molecular complexity index is 328. The Morgan fingerprint density at radius 2 is 2.13 bits per heavy atom. The molecule has 15 heavy (non-hydrogen) atoms. The van der Waals surface area contributed by atoms with Gasteiger partial charge in [-0.3, -0.25) is 11.3 Å². The molecule has 1 rings (SSSR count). The molecule has 0 heterocycles. The normalized spacial score (nSPS) is 13.2. The lowest BCUT2D eigenvalue weighted by atomic mass is 9.98. The number of halogens is 2. The average molecular weight is 292 g/mol. The molecular formula is C11H16BrClN2. The predicted octanol–water partition coefficient (Wildman–Crippen LogP) is 3.65. The molecule has 1 aromatic rings. The summed E-state index contributed by atoms with van der Waals surface area (Å²) in [4.78, 5) is 0. The van der Waals surface area contributed by atoms with Crippen molar-refractivity contribution in [1.82, 2.24) is 5.43 Å². The molecule has 0 aromatic heterocycles. The molecule has 84 valence electrons. The zero-order chi connectivity index (χ0) is 11.4. The van der Waals surface area contributed by atoms with E-state index in [1.54, 1.807) is 0 Å². The predicted molar refractivity (Wildman–Crippen MR) is 68.7 cm³/mol. The summed E-state index contributed by atoms with van der Waals surface area (Å²) in [6, 6.07) is 5.93. The van der Waals surface area contributed by atoms with Crippen LogP contribution in [-0.4, -0.2) is 0 Å². The molecule has 0 saturated heterocycles. The Hall–Kier alpha value is -0.0900. The third-order valence-electron chi connectivity index (χ3n) is 2.25. The van der Waals surface area contributed by atoms with Crippen molar-refractivity contribution in [2.45, 2.75) is 26.3 Å². The highest BCUT2D eigenvalue weighted by atomic mass is 79.9. The third kappa shape index (κ3) is 3.76. The molecule has 0 amide bonds. The van der Waals surface area contributed by atoms with Crippen LogP contribution in [0.25, 0.3) is 0 Å². The fraction of sp³-hybridized carbons (Fsp3) is 0.455. The summed E-state index contributed by atoms with van der Waals surface area (Å²) in [5.74, 6) is 6.15. The highest BCUT2D eigenvalue weighted by Crippen LogP contribution is 2.29. The van der Waals surface area contributed by atoms with E-state index in [1.165, 1.54) is 0 Å². The lowest BCUT2D eigenvalue weighted by molar-refractivity contribution is 0.437. The Balaban J connectivity index is 2.91. The van der Waals surface area contributed by atoms with E-state index in [0.717, 1.165) is 21.5 Å². The van der Waals surface area contributed by atoms with E-state index >= 15 is 0 Å². The lowest BCUT2D eigenvalue weighted by Gasteiger charge is -2.19. The van der Waals surface area contributed by atoms with Crippen LogP contribution in [-0.2, 0) is 0 Å². The van der Waals surface area contributed by atoms with Crippen molar-refractivity contribution in [1.29, 1.82) is 0 Å². The van der Waals surface area contributed by atoms with Crippen molar-refractivity contribution in [3.63, 3.8) is 0 Å². The van der Waals surface area contributed by atoms with Crippen molar-refractivity contribution in [2.24, 2.45) is 11.8 Å². The number of benzene rings is 1. The first-order chi connectivity index (χ1) is 7.04. The van der Waals surface area contributed by atoms with Gasteiger partial charge in [0.25, 0.3) is 0 Å². The first-order valence-corrected chi connectivity index (χ1v) is 6.12. The minimum Gasteiger partial charge on any atom is -0.271 e. The van der Waals surface area contributed by atoms with Gasteiger partial charge in [-0.1, -0.05) is 47.4 Å². The van der Waals surface area contributed by atoms with Crippen LogP contribution in [0.2, 0.25) is 5.02 Å². The molecule has 0 fully saturated rings. The van der Waals surface area contributed by atoms with Gasteiger partial charge >= 0.3 is 0 Å². The molecule has 0 bridgehead atoms. The van der Waals surface area contributed by atoms with Crippen molar-refractivity contribution in [3.05, 3.63) is 33.3 Å². The van der Waals surface area contributed by atoms with Crippen LogP contribution in [0.15, 0.2) is 22.7 Å². The summed E-state index contributed by atoms with van der Waals surface area (Å²) in [7, 11) is 0. The first kappa shape index (κ1) is 13.0. The Morgan fingerprint density at radius 3 is 2.60 bits per heavy atom. The zero-order valence-electron chi connectivity index (χ0n) is 8.93. The van der Waals surface area contributed by atoms with Crippen molar-refractivity contribution in [3.8, 4) is 0 Å². The van der Waals surface area contributed by atoms with Gasteiger partial charge in [0.15, 0.2) is 0 Å². The molecule has 3 N–H and O–H groups in total. The summed E-state index contributed by atoms with van der Waals surface area (Å²) in [6.07, 6.45) is 0.997. The summed E-state index contributed by atoms with van der Waals surface area (Å²) in [5.41, 5.74) is 3.99. The lowest BCUT2D eigenvalue weighted by Crippen LogP contribution is -2.29. The minimum absolute atomic E-state index is 0.164. The Labute approximate surface area is 104 Å². The Kier molecular flexibility index (Phi) is 5.06. The number of nitrogens with two attached hydrogens (primary N) is 1. The highest BCUT2D eigenvalue weighted by molar-refractivity contribution is 9.10. The van der Waals surface area contributed by atoms with Crippen LogP contribution >= 0.6 is 27.5 Å². The SMILES string of the molecule is CC(C)CC(NN)c1ccc(Cl)cc1Br. The molecule has 1 atom stereocenters. The summed E-state index contributed by atoms with van der Waals surface area (Å²) in [6.45, 7) is 4.35. The molecule has 0 aliphatic heterocycles. The van der Waals surface area contributed by atoms with Crippen LogP contribution in [0.4, 0.5) is 0 Å². The molecule has 0 aliphatic rings.